The molecule has 7 heteroatoms. The van der Waals surface area contributed by atoms with E-state index in [-0.39, 0.29) is 12.3 Å². The van der Waals surface area contributed by atoms with Crippen molar-refractivity contribution in [2.75, 3.05) is 19.0 Å². The number of fused-ring (bicyclic) bond motifs is 1. The smallest absolute Gasteiger partial charge is 0.330 e. The molecule has 3 aromatic rings. The lowest BCUT2D eigenvalue weighted by Gasteiger charge is -2.19. The fraction of sp³-hybridized carbons (Fsp3) is 0.190. The van der Waals surface area contributed by atoms with Gasteiger partial charge in [-0.3, -0.25) is 10.1 Å². The first-order chi connectivity index (χ1) is 13.6. The average Bonchev–Trinajstić information content (AvgIpc) is 2.73. The van der Waals surface area contributed by atoms with Crippen LogP contribution in [-0.4, -0.2) is 30.7 Å². The Morgan fingerprint density at radius 2 is 1.71 bits per heavy atom. The van der Waals surface area contributed by atoms with Gasteiger partial charge in [-0.05, 0) is 17.7 Å². The Balaban J connectivity index is 1.80. The van der Waals surface area contributed by atoms with Crippen molar-refractivity contribution in [3.63, 3.8) is 0 Å². The van der Waals surface area contributed by atoms with Crippen LogP contribution in [0.2, 0.25) is 0 Å². The van der Waals surface area contributed by atoms with Crippen LogP contribution >= 0.6 is 0 Å². The van der Waals surface area contributed by atoms with Gasteiger partial charge in [0.25, 0.3) is 5.69 Å². The second kappa shape index (κ2) is 8.96. The molecule has 0 bridgehead atoms. The molecule has 1 atom stereocenters. The molecule has 0 aliphatic heterocycles. The summed E-state index contributed by atoms with van der Waals surface area (Å²) < 4.78 is 10.6. The number of nitro benzene ring substituents is 1. The number of nitro groups is 1. The fourth-order valence-corrected chi connectivity index (χ4v) is 2.94. The van der Waals surface area contributed by atoms with Crippen LogP contribution in [0.4, 0.5) is 11.4 Å². The van der Waals surface area contributed by atoms with Crippen molar-refractivity contribution >= 4 is 28.1 Å². The molecule has 0 saturated heterocycles. The predicted molar refractivity (Wildman–Crippen MR) is 106 cm³/mol. The van der Waals surface area contributed by atoms with E-state index < -0.39 is 16.9 Å². The Kier molecular flexibility index (Phi) is 6.18. The van der Waals surface area contributed by atoms with E-state index in [0.717, 1.165) is 5.56 Å². The molecule has 3 aromatic carbocycles. The fourth-order valence-electron chi connectivity index (χ4n) is 2.94. The van der Waals surface area contributed by atoms with E-state index in [1.165, 1.54) is 13.2 Å². The number of carbonyl (C=O) groups excluding carboxylic acids is 1. The second-order valence-corrected chi connectivity index (χ2v) is 6.16. The minimum atomic E-state index is -0.751. The quantitative estimate of drug-likeness (QED) is 0.362. The molecule has 7 nitrogen and oxygen atoms in total. The van der Waals surface area contributed by atoms with Gasteiger partial charge in [0.05, 0.1) is 30.6 Å². The highest BCUT2D eigenvalue weighted by Crippen LogP contribution is 2.31. The average molecular weight is 380 g/mol. The van der Waals surface area contributed by atoms with Gasteiger partial charge in [0.2, 0.25) is 0 Å². The zero-order valence-electron chi connectivity index (χ0n) is 15.3. The van der Waals surface area contributed by atoms with Gasteiger partial charge >= 0.3 is 5.97 Å². The number of anilines is 1. The van der Waals surface area contributed by atoms with E-state index in [1.807, 2.05) is 30.3 Å². The second-order valence-electron chi connectivity index (χ2n) is 6.16. The van der Waals surface area contributed by atoms with E-state index in [1.54, 1.807) is 30.3 Å². The summed E-state index contributed by atoms with van der Waals surface area (Å²) in [7, 11) is 1.31. The van der Waals surface area contributed by atoms with Gasteiger partial charge in [-0.15, -0.1) is 0 Å². The zero-order chi connectivity index (χ0) is 19.9. The highest BCUT2D eigenvalue weighted by molar-refractivity contribution is 6.00. The maximum Gasteiger partial charge on any atom is 0.330 e. The molecule has 0 amide bonds. The third kappa shape index (κ3) is 4.44. The standard InChI is InChI=1S/C21H20N2O5/c1-27-21(24)19(14-28-13-15-7-3-2-4-8-15)22-18-11-12-20(23(25)26)17-10-6-5-9-16(17)18/h2-12,19,22H,13-14H2,1H3. The van der Waals surface area contributed by atoms with Gasteiger partial charge in [-0.25, -0.2) is 4.79 Å². The Hall–Kier alpha value is -3.45. The van der Waals surface area contributed by atoms with Crippen molar-refractivity contribution in [2.24, 2.45) is 0 Å². The normalized spacial score (nSPS) is 11.8. The first-order valence-electron chi connectivity index (χ1n) is 8.72. The summed E-state index contributed by atoms with van der Waals surface area (Å²) in [6.45, 7) is 0.448. The topological polar surface area (TPSA) is 90.7 Å². The maximum absolute atomic E-state index is 12.2. The van der Waals surface area contributed by atoms with Crippen LogP contribution in [0.3, 0.4) is 0 Å². The maximum atomic E-state index is 12.2. The molecule has 144 valence electrons. The Labute approximate surface area is 162 Å². The minimum absolute atomic E-state index is 0.0103. The van der Waals surface area contributed by atoms with Crippen LogP contribution in [0, 0.1) is 10.1 Å². The van der Waals surface area contributed by atoms with Crippen LogP contribution in [0.5, 0.6) is 0 Å². The third-order valence-electron chi connectivity index (χ3n) is 4.31. The molecule has 3 rings (SSSR count). The van der Waals surface area contributed by atoms with E-state index in [0.29, 0.717) is 23.1 Å². The molecule has 1 N–H and O–H groups in total. The van der Waals surface area contributed by atoms with Crippen LogP contribution < -0.4 is 5.32 Å². The van der Waals surface area contributed by atoms with Gasteiger partial charge in [0, 0.05) is 17.1 Å². The van der Waals surface area contributed by atoms with Crippen LogP contribution in [-0.2, 0) is 20.9 Å². The number of ether oxygens (including phenoxy) is 2. The molecule has 28 heavy (non-hydrogen) atoms. The lowest BCUT2D eigenvalue weighted by atomic mass is 10.1. The van der Waals surface area contributed by atoms with Gasteiger partial charge < -0.3 is 14.8 Å². The number of hydrogen-bond donors (Lipinski definition) is 1. The van der Waals surface area contributed by atoms with Gasteiger partial charge in [0.1, 0.15) is 6.04 Å². The van der Waals surface area contributed by atoms with E-state index in [9.17, 15) is 14.9 Å². The lowest BCUT2D eigenvalue weighted by molar-refractivity contribution is -0.383. The number of esters is 1. The van der Waals surface area contributed by atoms with Crippen molar-refractivity contribution < 1.29 is 19.2 Å². The highest BCUT2D eigenvalue weighted by atomic mass is 16.6. The van der Waals surface area contributed by atoms with Crippen LogP contribution in [0.25, 0.3) is 10.8 Å². The summed E-state index contributed by atoms with van der Waals surface area (Å²) in [4.78, 5) is 23.0. The largest absolute Gasteiger partial charge is 0.467 e. The first-order valence-corrected chi connectivity index (χ1v) is 8.72. The number of carbonyl (C=O) groups is 1. The number of benzene rings is 3. The summed E-state index contributed by atoms with van der Waals surface area (Å²) >= 11 is 0. The molecule has 0 radical (unpaired) electrons. The van der Waals surface area contributed by atoms with Gasteiger partial charge in [-0.2, -0.15) is 0 Å². The monoisotopic (exact) mass is 380 g/mol. The van der Waals surface area contributed by atoms with Crippen LogP contribution in [0.15, 0.2) is 66.7 Å². The number of non-ortho nitro benzene ring substituents is 1. The molecule has 0 fully saturated rings. The molecular weight excluding hydrogens is 360 g/mol. The molecule has 1 unspecified atom stereocenters. The summed E-state index contributed by atoms with van der Waals surface area (Å²) in [5.41, 5.74) is 1.60. The Bertz CT molecular complexity index is 975. The number of rotatable bonds is 8. The Morgan fingerprint density at radius 1 is 1.04 bits per heavy atom. The third-order valence-corrected chi connectivity index (χ3v) is 4.31. The van der Waals surface area contributed by atoms with Gasteiger partial charge in [0.15, 0.2) is 0 Å². The van der Waals surface area contributed by atoms with Crippen molar-refractivity contribution in [1.82, 2.24) is 0 Å². The molecule has 0 aliphatic rings. The zero-order valence-corrected chi connectivity index (χ0v) is 15.3. The summed E-state index contributed by atoms with van der Waals surface area (Å²) in [5.74, 6) is -0.476. The number of nitrogens with zero attached hydrogens (tertiary/aromatic N) is 1. The Morgan fingerprint density at radius 3 is 2.39 bits per heavy atom. The van der Waals surface area contributed by atoms with E-state index >= 15 is 0 Å². The number of methoxy groups -OCH3 is 1. The van der Waals surface area contributed by atoms with Crippen LogP contribution in [0.1, 0.15) is 5.56 Å². The van der Waals surface area contributed by atoms with Crippen molar-refractivity contribution in [2.45, 2.75) is 12.6 Å². The summed E-state index contributed by atoms with van der Waals surface area (Å²) in [5, 5.41) is 15.5. The summed E-state index contributed by atoms with van der Waals surface area (Å²) in [6.07, 6.45) is 0. The summed E-state index contributed by atoms with van der Waals surface area (Å²) in [6, 6.07) is 18.8. The van der Waals surface area contributed by atoms with Crippen molar-refractivity contribution in [1.29, 1.82) is 0 Å². The molecule has 0 saturated carbocycles. The van der Waals surface area contributed by atoms with Crippen molar-refractivity contribution in [3.8, 4) is 0 Å². The molecule has 0 aliphatic carbocycles. The van der Waals surface area contributed by atoms with Crippen molar-refractivity contribution in [3.05, 3.63) is 82.4 Å². The first kappa shape index (κ1) is 19.3. The minimum Gasteiger partial charge on any atom is -0.467 e. The lowest BCUT2D eigenvalue weighted by Crippen LogP contribution is -2.35. The number of hydrogen-bond acceptors (Lipinski definition) is 6. The highest BCUT2D eigenvalue weighted by Gasteiger charge is 2.22. The number of nitrogens with one attached hydrogen (secondary N) is 1. The molecule has 0 aromatic heterocycles. The SMILES string of the molecule is COC(=O)C(COCc1ccccc1)Nc1ccc([N+](=O)[O-])c2ccccc12. The van der Waals surface area contributed by atoms with Gasteiger partial charge in [-0.1, -0.05) is 48.5 Å². The predicted octanol–water partition coefficient (Wildman–Crippen LogP) is 3.92. The van der Waals surface area contributed by atoms with E-state index in [2.05, 4.69) is 5.32 Å². The van der Waals surface area contributed by atoms with E-state index in [4.69, 9.17) is 9.47 Å². The molecular formula is C21H20N2O5. The molecule has 0 heterocycles. The molecule has 0 spiro atoms.